The smallest absolute Gasteiger partial charge is 0.0576 e. The summed E-state index contributed by atoms with van der Waals surface area (Å²) in [7, 11) is 0. The molecule has 1 aromatic heterocycles. The highest BCUT2D eigenvalue weighted by molar-refractivity contribution is 14.1. The van der Waals surface area contributed by atoms with E-state index in [2.05, 4.69) is 70.1 Å². The Bertz CT molecular complexity index is 468. The molecule has 1 unspecified atom stereocenters. The number of aromatic nitrogens is 1. The standard InChI is InChI=1S/C15H17IN2/c1-2-17-15(14-5-3-4-10-18-14)11-12-6-8-13(16)9-7-12/h3-10,15,17H,2,11H2,1H3. The lowest BCUT2D eigenvalue weighted by molar-refractivity contribution is 0.537. The average Bonchev–Trinajstić information content (AvgIpc) is 2.42. The molecule has 0 aliphatic carbocycles. The quantitative estimate of drug-likeness (QED) is 0.832. The van der Waals surface area contributed by atoms with E-state index in [-0.39, 0.29) is 6.04 Å². The molecule has 0 bridgehead atoms. The van der Waals surface area contributed by atoms with E-state index in [0.717, 1.165) is 18.7 Å². The average molecular weight is 352 g/mol. The van der Waals surface area contributed by atoms with Crippen molar-refractivity contribution < 1.29 is 0 Å². The van der Waals surface area contributed by atoms with Gasteiger partial charge in [-0.2, -0.15) is 0 Å². The fraction of sp³-hybridized carbons (Fsp3) is 0.267. The molecule has 1 atom stereocenters. The van der Waals surface area contributed by atoms with Crippen LogP contribution >= 0.6 is 22.6 Å². The second kappa shape index (κ2) is 6.85. The lowest BCUT2D eigenvalue weighted by Crippen LogP contribution is -2.23. The molecule has 2 aromatic rings. The largest absolute Gasteiger partial charge is 0.309 e. The Balaban J connectivity index is 2.14. The van der Waals surface area contributed by atoms with Gasteiger partial charge in [0.05, 0.1) is 11.7 Å². The molecule has 0 amide bonds. The molecule has 0 fully saturated rings. The molecule has 0 spiro atoms. The number of hydrogen-bond acceptors (Lipinski definition) is 2. The van der Waals surface area contributed by atoms with Gasteiger partial charge in [0.25, 0.3) is 0 Å². The Labute approximate surface area is 122 Å². The van der Waals surface area contributed by atoms with Crippen molar-refractivity contribution in [3.63, 3.8) is 0 Å². The van der Waals surface area contributed by atoms with Crippen LogP contribution in [0, 0.1) is 3.57 Å². The number of pyridine rings is 1. The summed E-state index contributed by atoms with van der Waals surface area (Å²) in [5.74, 6) is 0. The minimum absolute atomic E-state index is 0.288. The Kier molecular flexibility index (Phi) is 5.13. The fourth-order valence-corrected chi connectivity index (χ4v) is 2.33. The number of likely N-dealkylation sites (N-methyl/N-ethyl adjacent to an activating group) is 1. The van der Waals surface area contributed by atoms with Crippen LogP contribution in [-0.2, 0) is 6.42 Å². The van der Waals surface area contributed by atoms with Gasteiger partial charge in [0.15, 0.2) is 0 Å². The van der Waals surface area contributed by atoms with Crippen LogP contribution < -0.4 is 5.32 Å². The second-order valence-corrected chi connectivity index (χ2v) is 5.44. The van der Waals surface area contributed by atoms with Crippen molar-refractivity contribution in [2.24, 2.45) is 0 Å². The molecule has 0 aliphatic rings. The van der Waals surface area contributed by atoms with Crippen LogP contribution in [0.1, 0.15) is 24.2 Å². The number of rotatable bonds is 5. The van der Waals surface area contributed by atoms with Gasteiger partial charge in [0.2, 0.25) is 0 Å². The first kappa shape index (κ1) is 13.5. The van der Waals surface area contributed by atoms with Gasteiger partial charge in [-0.3, -0.25) is 4.98 Å². The molecular formula is C15H17IN2. The number of benzene rings is 1. The van der Waals surface area contributed by atoms with E-state index in [9.17, 15) is 0 Å². The summed E-state index contributed by atoms with van der Waals surface area (Å²) in [6.07, 6.45) is 2.83. The zero-order valence-electron chi connectivity index (χ0n) is 10.4. The van der Waals surface area contributed by atoms with Crippen LogP contribution in [0.15, 0.2) is 48.7 Å². The topological polar surface area (TPSA) is 24.9 Å². The third-order valence-corrected chi connectivity index (χ3v) is 3.57. The van der Waals surface area contributed by atoms with Gasteiger partial charge in [-0.25, -0.2) is 0 Å². The number of halogens is 1. The summed E-state index contributed by atoms with van der Waals surface area (Å²) in [6, 6.07) is 15.0. The van der Waals surface area contributed by atoms with Gasteiger partial charge in [-0.05, 0) is 65.4 Å². The van der Waals surface area contributed by atoms with E-state index < -0.39 is 0 Å². The first-order chi connectivity index (χ1) is 8.79. The Hall–Kier alpha value is -0.940. The monoisotopic (exact) mass is 352 g/mol. The van der Waals surface area contributed by atoms with Gasteiger partial charge in [0.1, 0.15) is 0 Å². The fourth-order valence-electron chi connectivity index (χ4n) is 1.97. The predicted octanol–water partition coefficient (Wildman–Crippen LogP) is 3.58. The van der Waals surface area contributed by atoms with Crippen molar-refractivity contribution in [1.29, 1.82) is 0 Å². The molecule has 94 valence electrons. The highest BCUT2D eigenvalue weighted by Gasteiger charge is 2.11. The Morgan fingerprint density at radius 2 is 1.94 bits per heavy atom. The van der Waals surface area contributed by atoms with Gasteiger partial charge in [-0.15, -0.1) is 0 Å². The zero-order chi connectivity index (χ0) is 12.8. The molecule has 0 radical (unpaired) electrons. The van der Waals surface area contributed by atoms with Crippen LogP contribution in [-0.4, -0.2) is 11.5 Å². The van der Waals surface area contributed by atoms with Gasteiger partial charge in [-0.1, -0.05) is 25.1 Å². The third-order valence-electron chi connectivity index (χ3n) is 2.85. The van der Waals surface area contributed by atoms with Crippen LogP contribution in [0.5, 0.6) is 0 Å². The number of nitrogens with one attached hydrogen (secondary N) is 1. The maximum Gasteiger partial charge on any atom is 0.0576 e. The molecule has 0 saturated heterocycles. The van der Waals surface area contributed by atoms with Crippen LogP contribution in [0.2, 0.25) is 0 Å². The van der Waals surface area contributed by atoms with Crippen LogP contribution in [0.4, 0.5) is 0 Å². The first-order valence-corrected chi connectivity index (χ1v) is 7.26. The summed E-state index contributed by atoms with van der Waals surface area (Å²) >= 11 is 2.33. The lowest BCUT2D eigenvalue weighted by atomic mass is 10.0. The second-order valence-electron chi connectivity index (χ2n) is 4.20. The van der Waals surface area contributed by atoms with Crippen LogP contribution in [0.3, 0.4) is 0 Å². The van der Waals surface area contributed by atoms with Gasteiger partial charge < -0.3 is 5.32 Å². The molecule has 3 heteroatoms. The summed E-state index contributed by atoms with van der Waals surface area (Å²) in [6.45, 7) is 3.08. The molecule has 2 nitrogen and oxygen atoms in total. The van der Waals surface area contributed by atoms with Crippen molar-refractivity contribution in [3.8, 4) is 0 Å². The third kappa shape index (κ3) is 3.78. The van der Waals surface area contributed by atoms with Crippen molar-refractivity contribution in [2.75, 3.05) is 6.54 Å². The van der Waals surface area contributed by atoms with Crippen molar-refractivity contribution in [2.45, 2.75) is 19.4 Å². The van der Waals surface area contributed by atoms with Gasteiger partial charge >= 0.3 is 0 Å². The van der Waals surface area contributed by atoms with E-state index in [4.69, 9.17) is 0 Å². The van der Waals surface area contributed by atoms with E-state index in [0.29, 0.717) is 0 Å². The molecule has 1 heterocycles. The Morgan fingerprint density at radius 3 is 2.56 bits per heavy atom. The predicted molar refractivity (Wildman–Crippen MR) is 83.5 cm³/mol. The maximum absolute atomic E-state index is 4.45. The van der Waals surface area contributed by atoms with E-state index in [1.807, 2.05) is 18.3 Å². The zero-order valence-corrected chi connectivity index (χ0v) is 12.6. The van der Waals surface area contributed by atoms with E-state index in [1.54, 1.807) is 0 Å². The lowest BCUT2D eigenvalue weighted by Gasteiger charge is -2.17. The molecule has 1 N–H and O–H groups in total. The molecule has 1 aromatic carbocycles. The van der Waals surface area contributed by atoms with Crippen molar-refractivity contribution in [3.05, 3.63) is 63.5 Å². The summed E-state index contributed by atoms with van der Waals surface area (Å²) in [4.78, 5) is 4.45. The molecule has 2 rings (SSSR count). The molecule has 18 heavy (non-hydrogen) atoms. The van der Waals surface area contributed by atoms with Gasteiger partial charge in [0, 0.05) is 9.77 Å². The summed E-state index contributed by atoms with van der Waals surface area (Å²) < 4.78 is 1.27. The maximum atomic E-state index is 4.45. The van der Waals surface area contributed by atoms with Crippen molar-refractivity contribution in [1.82, 2.24) is 10.3 Å². The SMILES string of the molecule is CCNC(Cc1ccc(I)cc1)c1ccccn1. The highest BCUT2D eigenvalue weighted by Crippen LogP contribution is 2.17. The molecular weight excluding hydrogens is 335 g/mol. The first-order valence-electron chi connectivity index (χ1n) is 6.18. The summed E-state index contributed by atoms with van der Waals surface area (Å²) in [5, 5.41) is 3.50. The highest BCUT2D eigenvalue weighted by atomic mass is 127. The Morgan fingerprint density at radius 1 is 1.17 bits per heavy atom. The minimum Gasteiger partial charge on any atom is -0.309 e. The number of nitrogens with zero attached hydrogens (tertiary/aromatic N) is 1. The van der Waals surface area contributed by atoms with Crippen molar-refractivity contribution >= 4 is 22.6 Å². The van der Waals surface area contributed by atoms with Crippen LogP contribution in [0.25, 0.3) is 0 Å². The summed E-state index contributed by atoms with van der Waals surface area (Å²) in [5.41, 5.74) is 2.45. The normalized spacial score (nSPS) is 12.3. The van der Waals surface area contributed by atoms with E-state index in [1.165, 1.54) is 9.13 Å². The van der Waals surface area contributed by atoms with E-state index >= 15 is 0 Å². The minimum atomic E-state index is 0.288. The molecule has 0 saturated carbocycles. The molecule has 0 aliphatic heterocycles. The number of hydrogen-bond donors (Lipinski definition) is 1.